The van der Waals surface area contributed by atoms with Gasteiger partial charge >= 0.3 is 0 Å². The van der Waals surface area contributed by atoms with Gasteiger partial charge in [0, 0.05) is 11.3 Å². The molecule has 0 aliphatic heterocycles. The summed E-state index contributed by atoms with van der Waals surface area (Å²) in [6.07, 6.45) is 0.786. The molecule has 1 aromatic rings. The Labute approximate surface area is 86.3 Å². The summed E-state index contributed by atoms with van der Waals surface area (Å²) >= 11 is 1.60. The van der Waals surface area contributed by atoms with Crippen molar-refractivity contribution in [2.45, 2.75) is 13.3 Å². The van der Waals surface area contributed by atoms with Crippen LogP contribution in [-0.2, 0) is 16.0 Å². The van der Waals surface area contributed by atoms with Crippen LogP contribution >= 0.6 is 11.3 Å². The molecule has 1 amide bonds. The van der Waals surface area contributed by atoms with Gasteiger partial charge in [-0.15, -0.1) is 11.3 Å². The van der Waals surface area contributed by atoms with E-state index in [-0.39, 0.29) is 12.5 Å². The molecule has 1 heterocycles. The molecule has 6 heteroatoms. The zero-order valence-corrected chi connectivity index (χ0v) is 8.76. The first-order valence-corrected chi connectivity index (χ1v) is 5.08. The number of ether oxygens (including phenoxy) is 1. The van der Waals surface area contributed by atoms with Crippen LogP contribution in [0.3, 0.4) is 0 Å². The second-order valence-corrected chi connectivity index (χ2v) is 3.67. The van der Waals surface area contributed by atoms with E-state index in [0.717, 1.165) is 12.1 Å². The number of nitrogens with two attached hydrogens (primary N) is 1. The summed E-state index contributed by atoms with van der Waals surface area (Å²) < 4.78 is 5.10. The minimum atomic E-state index is -0.314. The Morgan fingerprint density at radius 2 is 2.57 bits per heavy atom. The zero-order valence-electron chi connectivity index (χ0n) is 7.95. The fourth-order valence-electron chi connectivity index (χ4n) is 0.938. The van der Waals surface area contributed by atoms with E-state index in [2.05, 4.69) is 4.98 Å². The number of aryl methyl sites for hydroxylation is 1. The lowest BCUT2D eigenvalue weighted by Crippen LogP contribution is -2.33. The van der Waals surface area contributed by atoms with Crippen LogP contribution < -0.4 is 11.3 Å². The van der Waals surface area contributed by atoms with Crippen molar-refractivity contribution in [3.63, 3.8) is 0 Å². The van der Waals surface area contributed by atoms with Crippen LogP contribution in [0, 0.1) is 6.92 Å². The van der Waals surface area contributed by atoms with Crippen molar-refractivity contribution in [3.05, 3.63) is 16.1 Å². The number of rotatable bonds is 5. The quantitative estimate of drug-likeness (QED) is 0.314. The molecule has 0 bridgehead atoms. The smallest absolute Gasteiger partial charge is 0.259 e. The molecule has 0 saturated carbocycles. The number of thiazole rings is 1. The first-order valence-electron chi connectivity index (χ1n) is 4.20. The first-order chi connectivity index (χ1) is 6.74. The summed E-state index contributed by atoms with van der Waals surface area (Å²) in [5.41, 5.74) is 4.83. The van der Waals surface area contributed by atoms with Gasteiger partial charge in [-0.05, 0) is 6.92 Å². The molecule has 0 radical (unpaired) electrons. The maximum absolute atomic E-state index is 10.7. The number of nitrogens with one attached hydrogen (secondary N) is 1. The molecule has 0 atom stereocenters. The fourth-order valence-corrected chi connectivity index (χ4v) is 1.70. The maximum atomic E-state index is 10.7. The van der Waals surface area contributed by atoms with Gasteiger partial charge < -0.3 is 4.74 Å². The summed E-state index contributed by atoms with van der Waals surface area (Å²) in [5, 5.41) is 0. The number of carbonyl (C=O) groups is 1. The normalized spacial score (nSPS) is 10.1. The topological polar surface area (TPSA) is 77.2 Å². The number of aromatic nitrogens is 1. The van der Waals surface area contributed by atoms with Crippen molar-refractivity contribution in [2.24, 2.45) is 5.84 Å². The van der Waals surface area contributed by atoms with E-state index >= 15 is 0 Å². The predicted octanol–water partition coefficient (Wildman–Crippen LogP) is 0.000520. The lowest BCUT2D eigenvalue weighted by atomic mass is 10.3. The zero-order chi connectivity index (χ0) is 10.4. The van der Waals surface area contributed by atoms with E-state index in [1.54, 1.807) is 16.8 Å². The highest BCUT2D eigenvalue weighted by molar-refractivity contribution is 7.09. The van der Waals surface area contributed by atoms with Gasteiger partial charge in [0.2, 0.25) is 0 Å². The number of amides is 1. The van der Waals surface area contributed by atoms with Crippen molar-refractivity contribution in [1.29, 1.82) is 0 Å². The molecular formula is C8H13N3O2S. The molecule has 1 aromatic heterocycles. The maximum Gasteiger partial charge on any atom is 0.259 e. The molecule has 0 unspecified atom stereocenters. The first kappa shape index (κ1) is 11.1. The van der Waals surface area contributed by atoms with E-state index < -0.39 is 0 Å². The predicted molar refractivity (Wildman–Crippen MR) is 53.7 cm³/mol. The number of hydrogen-bond acceptors (Lipinski definition) is 5. The Bertz CT molecular complexity index is 301. The number of carbonyl (C=O) groups excluding carboxylic acids is 1. The summed E-state index contributed by atoms with van der Waals surface area (Å²) in [7, 11) is 0. The van der Waals surface area contributed by atoms with E-state index in [9.17, 15) is 4.79 Å². The van der Waals surface area contributed by atoms with Crippen LogP contribution in [0.5, 0.6) is 0 Å². The van der Waals surface area contributed by atoms with Crippen molar-refractivity contribution in [1.82, 2.24) is 10.4 Å². The van der Waals surface area contributed by atoms with E-state index in [1.165, 1.54) is 4.88 Å². The monoisotopic (exact) mass is 215 g/mol. The Kier molecular flexibility index (Phi) is 4.51. The third kappa shape index (κ3) is 3.41. The van der Waals surface area contributed by atoms with Crippen molar-refractivity contribution >= 4 is 17.2 Å². The van der Waals surface area contributed by atoms with E-state index in [0.29, 0.717) is 6.61 Å². The molecule has 0 saturated heterocycles. The van der Waals surface area contributed by atoms with Crippen molar-refractivity contribution < 1.29 is 9.53 Å². The minimum absolute atomic E-state index is 0.00829. The summed E-state index contributed by atoms with van der Waals surface area (Å²) in [4.78, 5) is 16.0. The Balaban J connectivity index is 2.16. The number of nitrogens with zero attached hydrogens (tertiary/aromatic N) is 1. The lowest BCUT2D eigenvalue weighted by Gasteiger charge is -2.01. The molecule has 0 aromatic carbocycles. The SMILES string of the molecule is Cc1ncsc1CCOCC(=O)NN. The summed E-state index contributed by atoms with van der Waals surface area (Å²) in [6.45, 7) is 2.48. The third-order valence-corrected chi connectivity index (χ3v) is 2.71. The third-order valence-electron chi connectivity index (χ3n) is 1.71. The van der Waals surface area contributed by atoms with Gasteiger partial charge in [-0.25, -0.2) is 10.8 Å². The van der Waals surface area contributed by atoms with Crippen LogP contribution in [0.1, 0.15) is 10.6 Å². The van der Waals surface area contributed by atoms with Crippen LogP contribution in [0.25, 0.3) is 0 Å². The van der Waals surface area contributed by atoms with E-state index in [1.807, 2.05) is 12.3 Å². The molecule has 1 rings (SSSR count). The van der Waals surface area contributed by atoms with Gasteiger partial charge in [0.25, 0.3) is 5.91 Å². The van der Waals surface area contributed by atoms with Gasteiger partial charge in [-0.1, -0.05) is 0 Å². The second kappa shape index (κ2) is 5.69. The van der Waals surface area contributed by atoms with Crippen LogP contribution in [0.2, 0.25) is 0 Å². The van der Waals surface area contributed by atoms with Gasteiger partial charge in [-0.2, -0.15) is 0 Å². The van der Waals surface area contributed by atoms with Crippen LogP contribution in [-0.4, -0.2) is 24.1 Å². The molecular weight excluding hydrogens is 202 g/mol. The molecule has 0 aliphatic carbocycles. The van der Waals surface area contributed by atoms with Gasteiger partial charge in [0.05, 0.1) is 17.8 Å². The summed E-state index contributed by atoms with van der Waals surface area (Å²) in [6, 6.07) is 0. The number of hydrazine groups is 1. The average molecular weight is 215 g/mol. The molecule has 78 valence electrons. The molecule has 3 N–H and O–H groups in total. The number of hydrogen-bond donors (Lipinski definition) is 2. The molecule has 0 fully saturated rings. The van der Waals surface area contributed by atoms with Crippen molar-refractivity contribution in [3.8, 4) is 0 Å². The molecule has 14 heavy (non-hydrogen) atoms. The molecule has 0 aliphatic rings. The largest absolute Gasteiger partial charge is 0.371 e. The highest BCUT2D eigenvalue weighted by Gasteiger charge is 2.02. The highest BCUT2D eigenvalue weighted by Crippen LogP contribution is 2.12. The van der Waals surface area contributed by atoms with E-state index in [4.69, 9.17) is 10.6 Å². The Morgan fingerprint density at radius 1 is 1.79 bits per heavy atom. The minimum Gasteiger partial charge on any atom is -0.371 e. The van der Waals surface area contributed by atoms with Gasteiger partial charge in [-0.3, -0.25) is 10.2 Å². The average Bonchev–Trinajstić information content (AvgIpc) is 2.58. The fraction of sp³-hybridized carbons (Fsp3) is 0.500. The Morgan fingerprint density at radius 3 is 3.14 bits per heavy atom. The van der Waals surface area contributed by atoms with Crippen LogP contribution in [0.15, 0.2) is 5.51 Å². The standard InChI is InChI=1S/C8H13N3O2S/c1-6-7(14-5-10-6)2-3-13-4-8(12)11-9/h5H,2-4,9H2,1H3,(H,11,12). The molecule has 5 nitrogen and oxygen atoms in total. The van der Waals surface area contributed by atoms with Crippen molar-refractivity contribution in [2.75, 3.05) is 13.2 Å². The summed E-state index contributed by atoms with van der Waals surface area (Å²) in [5.74, 6) is 4.57. The van der Waals surface area contributed by atoms with Gasteiger partial charge in [0.15, 0.2) is 0 Å². The van der Waals surface area contributed by atoms with Crippen LogP contribution in [0.4, 0.5) is 0 Å². The molecule has 0 spiro atoms. The Hall–Kier alpha value is -0.980. The lowest BCUT2D eigenvalue weighted by molar-refractivity contribution is -0.125. The van der Waals surface area contributed by atoms with Gasteiger partial charge in [0.1, 0.15) is 6.61 Å². The highest BCUT2D eigenvalue weighted by atomic mass is 32.1. The second-order valence-electron chi connectivity index (χ2n) is 2.73.